The fraction of sp³-hybridized carbons (Fsp3) is 0.667. The van der Waals surface area contributed by atoms with Gasteiger partial charge in [0, 0.05) is 19.2 Å². The summed E-state index contributed by atoms with van der Waals surface area (Å²) in [6, 6.07) is 0. The van der Waals surface area contributed by atoms with Crippen molar-refractivity contribution < 1.29 is 27.8 Å². The highest BCUT2D eigenvalue weighted by molar-refractivity contribution is 5.09. The lowest BCUT2D eigenvalue weighted by Gasteiger charge is -2.16. The molecule has 0 aromatic carbocycles. The van der Waals surface area contributed by atoms with Crippen LogP contribution in [-0.2, 0) is 15.7 Å². The molecule has 1 aromatic heterocycles. The van der Waals surface area contributed by atoms with Gasteiger partial charge < -0.3 is 14.6 Å². The second-order valence-electron chi connectivity index (χ2n) is 4.75. The lowest BCUT2D eigenvalue weighted by atomic mass is 10.2. The maximum atomic E-state index is 12.7. The topological polar surface area (TPSA) is 93.6 Å². The minimum absolute atomic E-state index is 0.0856. The Morgan fingerprint density at radius 1 is 1.50 bits per heavy atom. The first-order chi connectivity index (χ1) is 10.3. The summed E-state index contributed by atoms with van der Waals surface area (Å²) in [5.41, 5.74) is -4.01. The highest BCUT2D eigenvalue weighted by Gasteiger charge is 2.39. The molecule has 0 aliphatic carbocycles. The van der Waals surface area contributed by atoms with Crippen LogP contribution in [0.4, 0.5) is 13.2 Å². The van der Waals surface area contributed by atoms with Gasteiger partial charge in [-0.3, -0.25) is 14.3 Å². The van der Waals surface area contributed by atoms with Crippen molar-refractivity contribution in [3.05, 3.63) is 32.6 Å². The Morgan fingerprint density at radius 2 is 2.18 bits per heavy atom. The number of nitrogens with one attached hydrogen (secondary N) is 1. The largest absolute Gasteiger partial charge is 0.423 e. The first-order valence-corrected chi connectivity index (χ1v) is 6.58. The van der Waals surface area contributed by atoms with Crippen molar-refractivity contribution in [1.29, 1.82) is 0 Å². The summed E-state index contributed by atoms with van der Waals surface area (Å²) in [5.74, 6) is 0. The molecule has 124 valence electrons. The molecule has 1 aliphatic rings. The number of aliphatic hydroxyl groups is 1. The SMILES string of the molecule is CCO[C@H]1C[C@H](n2cc(C(F)(F)F)c(=O)[nH]c2=O)O[C@@H]1CO. The molecule has 1 aliphatic heterocycles. The van der Waals surface area contributed by atoms with Crippen LogP contribution in [0.5, 0.6) is 0 Å². The third kappa shape index (κ3) is 3.23. The number of nitrogens with zero attached hydrogens (tertiary/aromatic N) is 1. The summed E-state index contributed by atoms with van der Waals surface area (Å²) in [6.07, 6.45) is -6.74. The molecule has 0 amide bonds. The zero-order valence-corrected chi connectivity index (χ0v) is 11.6. The van der Waals surface area contributed by atoms with Gasteiger partial charge in [0.2, 0.25) is 0 Å². The molecule has 0 unspecified atom stereocenters. The van der Waals surface area contributed by atoms with Crippen LogP contribution in [0.3, 0.4) is 0 Å². The minimum Gasteiger partial charge on any atom is -0.394 e. The summed E-state index contributed by atoms with van der Waals surface area (Å²) in [4.78, 5) is 24.6. The van der Waals surface area contributed by atoms with Crippen LogP contribution in [-0.4, -0.2) is 40.1 Å². The van der Waals surface area contributed by atoms with Crippen molar-refractivity contribution in [2.24, 2.45) is 0 Å². The molecular weight excluding hydrogens is 309 g/mol. The van der Waals surface area contributed by atoms with Crippen molar-refractivity contribution in [3.8, 4) is 0 Å². The molecule has 0 bridgehead atoms. The van der Waals surface area contributed by atoms with Crippen molar-refractivity contribution >= 4 is 0 Å². The Kier molecular flexibility index (Phi) is 4.73. The Bertz CT molecular complexity index is 639. The van der Waals surface area contributed by atoms with Gasteiger partial charge in [-0.25, -0.2) is 4.79 Å². The molecule has 0 saturated carbocycles. The number of rotatable bonds is 4. The average molecular weight is 324 g/mol. The van der Waals surface area contributed by atoms with Crippen LogP contribution in [0, 0.1) is 0 Å². The fourth-order valence-corrected chi connectivity index (χ4v) is 2.33. The van der Waals surface area contributed by atoms with Crippen LogP contribution in [0.15, 0.2) is 15.8 Å². The van der Waals surface area contributed by atoms with E-state index in [1.54, 1.807) is 11.9 Å². The van der Waals surface area contributed by atoms with Gasteiger partial charge in [0.15, 0.2) is 0 Å². The van der Waals surface area contributed by atoms with E-state index >= 15 is 0 Å². The Hall–Kier alpha value is -1.65. The smallest absolute Gasteiger partial charge is 0.394 e. The fourth-order valence-electron chi connectivity index (χ4n) is 2.33. The second-order valence-corrected chi connectivity index (χ2v) is 4.75. The van der Waals surface area contributed by atoms with E-state index in [9.17, 15) is 27.9 Å². The maximum Gasteiger partial charge on any atom is 0.423 e. The van der Waals surface area contributed by atoms with Gasteiger partial charge in [-0.05, 0) is 6.92 Å². The number of aromatic nitrogens is 2. The molecule has 3 atom stereocenters. The number of ether oxygens (including phenoxy) is 2. The van der Waals surface area contributed by atoms with Gasteiger partial charge in [-0.2, -0.15) is 13.2 Å². The molecule has 2 heterocycles. The lowest BCUT2D eigenvalue weighted by Crippen LogP contribution is -2.36. The van der Waals surface area contributed by atoms with E-state index in [0.29, 0.717) is 17.4 Å². The van der Waals surface area contributed by atoms with Crippen LogP contribution in [0.2, 0.25) is 0 Å². The molecule has 0 spiro atoms. The summed E-state index contributed by atoms with van der Waals surface area (Å²) in [7, 11) is 0. The van der Waals surface area contributed by atoms with Crippen molar-refractivity contribution in [1.82, 2.24) is 9.55 Å². The number of hydrogen-bond acceptors (Lipinski definition) is 5. The Labute approximate surface area is 122 Å². The van der Waals surface area contributed by atoms with Gasteiger partial charge in [0.1, 0.15) is 17.9 Å². The van der Waals surface area contributed by atoms with Crippen LogP contribution >= 0.6 is 0 Å². The number of halogens is 3. The van der Waals surface area contributed by atoms with Crippen LogP contribution in [0.25, 0.3) is 0 Å². The van der Waals surface area contributed by atoms with Crippen molar-refractivity contribution in [2.75, 3.05) is 13.2 Å². The van der Waals surface area contributed by atoms with Crippen LogP contribution in [0.1, 0.15) is 25.1 Å². The second kappa shape index (κ2) is 6.23. The first kappa shape index (κ1) is 16.7. The van der Waals surface area contributed by atoms with Crippen LogP contribution < -0.4 is 11.2 Å². The lowest BCUT2D eigenvalue weighted by molar-refractivity contribution is -0.139. The highest BCUT2D eigenvalue weighted by Crippen LogP contribution is 2.31. The van der Waals surface area contributed by atoms with E-state index in [0.717, 1.165) is 0 Å². The van der Waals surface area contributed by atoms with Gasteiger partial charge in [0.05, 0.1) is 12.7 Å². The summed E-state index contributed by atoms with van der Waals surface area (Å²) in [5, 5.41) is 9.19. The third-order valence-electron chi connectivity index (χ3n) is 3.32. The summed E-state index contributed by atoms with van der Waals surface area (Å²) in [6.45, 7) is 1.65. The summed E-state index contributed by atoms with van der Waals surface area (Å²) >= 11 is 0. The summed E-state index contributed by atoms with van der Waals surface area (Å²) < 4.78 is 49.6. The molecule has 10 heteroatoms. The number of aliphatic hydroxyl groups excluding tert-OH is 1. The van der Waals surface area contributed by atoms with Crippen molar-refractivity contribution in [3.63, 3.8) is 0 Å². The van der Waals surface area contributed by atoms with E-state index in [-0.39, 0.29) is 6.42 Å². The number of aromatic amines is 1. The molecule has 2 N–H and O–H groups in total. The van der Waals surface area contributed by atoms with E-state index in [1.807, 2.05) is 0 Å². The predicted octanol–water partition coefficient (Wildman–Crippen LogP) is 0.240. The standard InChI is InChI=1S/C12H15F3N2O5/c1-2-21-7-3-9(22-8(7)5-18)17-4-6(12(13,14)15)10(19)16-11(17)20/h4,7-9,18H,2-3,5H2,1H3,(H,16,19,20)/t7-,8+,9+/m0/s1. The molecule has 0 radical (unpaired) electrons. The average Bonchev–Trinajstić information content (AvgIpc) is 2.80. The number of H-pyrrole nitrogens is 1. The molecular formula is C12H15F3N2O5. The number of alkyl halides is 3. The zero-order valence-electron chi connectivity index (χ0n) is 11.6. The minimum atomic E-state index is -4.89. The quantitative estimate of drug-likeness (QED) is 0.827. The molecule has 1 saturated heterocycles. The molecule has 1 fully saturated rings. The first-order valence-electron chi connectivity index (χ1n) is 6.58. The highest BCUT2D eigenvalue weighted by atomic mass is 19.4. The van der Waals surface area contributed by atoms with Crippen molar-refractivity contribution in [2.45, 2.75) is 38.0 Å². The van der Waals surface area contributed by atoms with Gasteiger partial charge in [-0.15, -0.1) is 0 Å². The van der Waals surface area contributed by atoms with Gasteiger partial charge in [0.25, 0.3) is 5.56 Å². The predicted molar refractivity (Wildman–Crippen MR) is 67.4 cm³/mol. The number of hydrogen-bond donors (Lipinski definition) is 2. The third-order valence-corrected chi connectivity index (χ3v) is 3.32. The van der Waals surface area contributed by atoms with Gasteiger partial charge in [-0.1, -0.05) is 0 Å². The normalized spacial score (nSPS) is 25.6. The maximum absolute atomic E-state index is 12.7. The molecule has 22 heavy (non-hydrogen) atoms. The zero-order chi connectivity index (χ0) is 16.5. The van der Waals surface area contributed by atoms with Gasteiger partial charge >= 0.3 is 11.9 Å². The Morgan fingerprint density at radius 3 is 2.73 bits per heavy atom. The molecule has 2 rings (SSSR count). The molecule has 1 aromatic rings. The van der Waals surface area contributed by atoms with E-state index in [1.165, 1.54) is 0 Å². The molecule has 7 nitrogen and oxygen atoms in total. The van der Waals surface area contributed by atoms with E-state index in [4.69, 9.17) is 9.47 Å². The van der Waals surface area contributed by atoms with E-state index in [2.05, 4.69) is 0 Å². The van der Waals surface area contributed by atoms with E-state index < -0.39 is 48.0 Å². The monoisotopic (exact) mass is 324 g/mol. The Balaban J connectivity index is 2.37.